The Hall–Kier alpha value is -2.76. The monoisotopic (exact) mass is 316 g/mol. The van der Waals surface area contributed by atoms with E-state index in [0.717, 1.165) is 5.75 Å². The van der Waals surface area contributed by atoms with E-state index in [9.17, 15) is 9.18 Å². The van der Waals surface area contributed by atoms with Gasteiger partial charge in [0.15, 0.2) is 0 Å². The lowest BCUT2D eigenvalue weighted by Gasteiger charge is -2.30. The van der Waals surface area contributed by atoms with E-state index in [4.69, 9.17) is 9.47 Å². The fourth-order valence-electron chi connectivity index (χ4n) is 2.46. The summed E-state index contributed by atoms with van der Waals surface area (Å²) in [4.78, 5) is 13.7. The molecule has 0 radical (unpaired) electrons. The third kappa shape index (κ3) is 3.36. The molecule has 6 heteroatoms. The van der Waals surface area contributed by atoms with Crippen LogP contribution in [0.15, 0.2) is 42.5 Å². The summed E-state index contributed by atoms with van der Waals surface area (Å²) >= 11 is 0. The van der Waals surface area contributed by atoms with Crippen LogP contribution < -0.4 is 19.7 Å². The summed E-state index contributed by atoms with van der Waals surface area (Å²) in [6, 6.07) is 11.6. The van der Waals surface area contributed by atoms with Gasteiger partial charge in [-0.1, -0.05) is 0 Å². The number of halogens is 1. The van der Waals surface area contributed by atoms with Crippen LogP contribution in [0, 0.1) is 5.82 Å². The molecule has 0 bridgehead atoms. The molecular formula is C17H17FN2O3. The summed E-state index contributed by atoms with van der Waals surface area (Å²) in [5, 5.41) is 2.92. The van der Waals surface area contributed by atoms with Crippen molar-refractivity contribution >= 4 is 17.3 Å². The second-order valence-electron chi connectivity index (χ2n) is 5.08. The minimum absolute atomic E-state index is 0.0672. The van der Waals surface area contributed by atoms with Crippen LogP contribution in [0.5, 0.6) is 11.5 Å². The van der Waals surface area contributed by atoms with Crippen LogP contribution in [0.1, 0.15) is 0 Å². The number of methoxy groups -OCH3 is 1. The Morgan fingerprint density at radius 1 is 1.17 bits per heavy atom. The highest BCUT2D eigenvalue weighted by atomic mass is 19.1. The lowest BCUT2D eigenvalue weighted by molar-refractivity contribution is -0.117. The molecule has 1 aliphatic heterocycles. The number of carbonyl (C=O) groups excluding carboxylic acids is 1. The van der Waals surface area contributed by atoms with Gasteiger partial charge in [0.25, 0.3) is 0 Å². The normalized spacial score (nSPS) is 13.3. The zero-order valence-electron chi connectivity index (χ0n) is 12.7. The van der Waals surface area contributed by atoms with Crippen LogP contribution in [0.25, 0.3) is 0 Å². The molecule has 1 aliphatic rings. The molecule has 2 aromatic carbocycles. The Morgan fingerprint density at radius 2 is 1.91 bits per heavy atom. The number of nitrogens with zero attached hydrogens (tertiary/aromatic N) is 1. The van der Waals surface area contributed by atoms with Gasteiger partial charge < -0.3 is 19.7 Å². The standard InChI is InChI=1S/C17H17FN2O3/c1-22-13-3-5-14(6-4-13)23-9-8-20-16-7-2-12(18)10-15(16)19-11-17(20)21/h2-7,10,19H,8-9,11H2,1H3. The fourth-order valence-corrected chi connectivity index (χ4v) is 2.46. The summed E-state index contributed by atoms with van der Waals surface area (Å²) in [6.45, 7) is 0.888. The minimum Gasteiger partial charge on any atom is -0.497 e. The SMILES string of the molecule is COc1ccc(OCCN2C(=O)CNc3cc(F)ccc32)cc1. The first-order chi connectivity index (χ1) is 11.2. The Labute approximate surface area is 133 Å². The summed E-state index contributed by atoms with van der Waals surface area (Å²) in [7, 11) is 1.60. The van der Waals surface area contributed by atoms with Gasteiger partial charge in [0, 0.05) is 0 Å². The van der Waals surface area contributed by atoms with Crippen LogP contribution in [0.3, 0.4) is 0 Å². The summed E-state index contributed by atoms with van der Waals surface area (Å²) in [6.07, 6.45) is 0. The highest BCUT2D eigenvalue weighted by molar-refractivity contribution is 6.02. The Kier molecular flexibility index (Phi) is 4.32. The van der Waals surface area contributed by atoms with Crippen molar-refractivity contribution in [2.45, 2.75) is 0 Å². The maximum absolute atomic E-state index is 13.3. The second kappa shape index (κ2) is 6.56. The van der Waals surface area contributed by atoms with E-state index >= 15 is 0 Å². The van der Waals surface area contributed by atoms with E-state index in [1.54, 1.807) is 18.1 Å². The molecule has 1 heterocycles. The van der Waals surface area contributed by atoms with Crippen LogP contribution in [0.4, 0.5) is 15.8 Å². The molecule has 120 valence electrons. The molecule has 1 N–H and O–H groups in total. The van der Waals surface area contributed by atoms with Gasteiger partial charge in [-0.25, -0.2) is 4.39 Å². The van der Waals surface area contributed by atoms with Crippen molar-refractivity contribution in [2.75, 3.05) is 37.0 Å². The molecule has 0 unspecified atom stereocenters. The van der Waals surface area contributed by atoms with Crippen LogP contribution in [0.2, 0.25) is 0 Å². The Bertz CT molecular complexity index is 703. The van der Waals surface area contributed by atoms with Crippen molar-refractivity contribution in [3.05, 3.63) is 48.3 Å². The zero-order valence-corrected chi connectivity index (χ0v) is 12.7. The maximum Gasteiger partial charge on any atom is 0.246 e. The minimum atomic E-state index is -0.333. The maximum atomic E-state index is 13.3. The first-order valence-electron chi connectivity index (χ1n) is 7.28. The average Bonchev–Trinajstić information content (AvgIpc) is 2.57. The van der Waals surface area contributed by atoms with Crippen molar-refractivity contribution in [3.8, 4) is 11.5 Å². The number of carbonyl (C=O) groups is 1. The zero-order chi connectivity index (χ0) is 16.2. The van der Waals surface area contributed by atoms with Gasteiger partial charge in [-0.05, 0) is 42.5 Å². The second-order valence-corrected chi connectivity index (χ2v) is 5.08. The van der Waals surface area contributed by atoms with Gasteiger partial charge in [-0.15, -0.1) is 0 Å². The Balaban J connectivity index is 1.64. The quantitative estimate of drug-likeness (QED) is 0.921. The van der Waals surface area contributed by atoms with E-state index in [0.29, 0.717) is 30.3 Å². The predicted molar refractivity (Wildman–Crippen MR) is 85.7 cm³/mol. The van der Waals surface area contributed by atoms with Crippen LogP contribution in [-0.4, -0.2) is 32.7 Å². The molecule has 3 rings (SSSR count). The van der Waals surface area contributed by atoms with E-state index in [2.05, 4.69) is 5.32 Å². The molecule has 0 saturated carbocycles. The number of nitrogens with one attached hydrogen (secondary N) is 1. The number of hydrogen-bond acceptors (Lipinski definition) is 4. The molecule has 0 aromatic heterocycles. The van der Waals surface area contributed by atoms with Gasteiger partial charge in [0.2, 0.25) is 5.91 Å². The van der Waals surface area contributed by atoms with E-state index in [1.807, 2.05) is 24.3 Å². The predicted octanol–water partition coefficient (Wildman–Crippen LogP) is 2.67. The van der Waals surface area contributed by atoms with Crippen molar-refractivity contribution in [2.24, 2.45) is 0 Å². The molecule has 1 amide bonds. The summed E-state index contributed by atoms with van der Waals surface area (Å²) in [5.74, 6) is 1.06. The number of hydrogen-bond donors (Lipinski definition) is 1. The van der Waals surface area contributed by atoms with Crippen molar-refractivity contribution < 1.29 is 18.7 Å². The number of benzene rings is 2. The smallest absolute Gasteiger partial charge is 0.246 e. The van der Waals surface area contributed by atoms with Gasteiger partial charge in [0.05, 0.1) is 31.6 Å². The van der Waals surface area contributed by atoms with Crippen molar-refractivity contribution in [1.82, 2.24) is 0 Å². The molecule has 0 atom stereocenters. The van der Waals surface area contributed by atoms with Crippen LogP contribution >= 0.6 is 0 Å². The third-order valence-corrected chi connectivity index (χ3v) is 3.62. The highest BCUT2D eigenvalue weighted by Crippen LogP contribution is 2.30. The van der Waals surface area contributed by atoms with E-state index in [-0.39, 0.29) is 18.3 Å². The van der Waals surface area contributed by atoms with Crippen molar-refractivity contribution in [1.29, 1.82) is 0 Å². The topological polar surface area (TPSA) is 50.8 Å². The third-order valence-electron chi connectivity index (χ3n) is 3.62. The van der Waals surface area contributed by atoms with Crippen LogP contribution in [-0.2, 0) is 4.79 Å². The van der Waals surface area contributed by atoms with Gasteiger partial charge in [0.1, 0.15) is 23.9 Å². The first-order valence-corrected chi connectivity index (χ1v) is 7.28. The molecule has 2 aromatic rings. The lowest BCUT2D eigenvalue weighted by Crippen LogP contribution is -2.42. The van der Waals surface area contributed by atoms with Crippen molar-refractivity contribution in [3.63, 3.8) is 0 Å². The van der Waals surface area contributed by atoms with E-state index < -0.39 is 0 Å². The summed E-state index contributed by atoms with van der Waals surface area (Å²) < 4.78 is 24.0. The first kappa shape index (κ1) is 15.1. The number of rotatable bonds is 5. The molecule has 0 spiro atoms. The molecular weight excluding hydrogens is 299 g/mol. The Morgan fingerprint density at radius 3 is 2.65 bits per heavy atom. The molecule has 0 aliphatic carbocycles. The number of fused-ring (bicyclic) bond motifs is 1. The fraction of sp³-hybridized carbons (Fsp3) is 0.235. The molecule has 0 fully saturated rings. The average molecular weight is 316 g/mol. The molecule has 5 nitrogen and oxygen atoms in total. The van der Waals surface area contributed by atoms with Gasteiger partial charge >= 0.3 is 0 Å². The highest BCUT2D eigenvalue weighted by Gasteiger charge is 2.23. The molecule has 0 saturated heterocycles. The number of anilines is 2. The van der Waals surface area contributed by atoms with Gasteiger partial charge in [-0.2, -0.15) is 0 Å². The number of ether oxygens (including phenoxy) is 2. The summed E-state index contributed by atoms with van der Waals surface area (Å²) in [5.41, 5.74) is 1.29. The lowest BCUT2D eigenvalue weighted by atomic mass is 10.2. The largest absolute Gasteiger partial charge is 0.497 e. The molecule has 23 heavy (non-hydrogen) atoms. The van der Waals surface area contributed by atoms with E-state index in [1.165, 1.54) is 12.1 Å². The van der Waals surface area contributed by atoms with Gasteiger partial charge in [-0.3, -0.25) is 4.79 Å². The number of amides is 1.